The van der Waals surface area contributed by atoms with Crippen molar-refractivity contribution in [2.24, 2.45) is 0 Å². The number of halogens is 2. The molecule has 2 aromatic carbocycles. The normalized spacial score (nSPS) is 17.4. The Balaban J connectivity index is 1.78. The topological polar surface area (TPSA) is 49.9 Å². The highest BCUT2D eigenvalue weighted by atomic mass is 35.5. The fraction of sp³-hybridized carbons (Fsp3) is 0.263. The molecular formula is C19H18Cl2N2O3. The van der Waals surface area contributed by atoms with Gasteiger partial charge in [0.1, 0.15) is 11.8 Å². The number of carbonyl (C=O) groups excluding carboxylic acids is 2. The maximum absolute atomic E-state index is 12.8. The predicted octanol–water partition coefficient (Wildman–Crippen LogP) is 3.88. The first-order chi connectivity index (χ1) is 12.4. The van der Waals surface area contributed by atoms with Crippen LogP contribution in [-0.4, -0.2) is 43.0 Å². The fourth-order valence-corrected chi connectivity index (χ4v) is 3.26. The molecule has 1 aliphatic heterocycles. The van der Waals surface area contributed by atoms with Gasteiger partial charge in [-0.05, 0) is 49.4 Å². The average Bonchev–Trinajstić information content (AvgIpc) is 2.66. The van der Waals surface area contributed by atoms with E-state index < -0.39 is 6.04 Å². The van der Waals surface area contributed by atoms with E-state index in [1.807, 2.05) is 12.1 Å². The highest BCUT2D eigenvalue weighted by molar-refractivity contribution is 6.42. The Morgan fingerprint density at radius 1 is 1.08 bits per heavy atom. The smallest absolute Gasteiger partial charge is 0.254 e. The van der Waals surface area contributed by atoms with Crippen molar-refractivity contribution >= 4 is 40.7 Å². The van der Waals surface area contributed by atoms with Gasteiger partial charge < -0.3 is 14.5 Å². The summed E-state index contributed by atoms with van der Waals surface area (Å²) in [6.07, 6.45) is 0. The van der Waals surface area contributed by atoms with Crippen LogP contribution in [0, 0.1) is 0 Å². The zero-order valence-electron chi connectivity index (χ0n) is 14.4. The average molecular weight is 393 g/mol. The number of piperazine rings is 1. The van der Waals surface area contributed by atoms with E-state index in [9.17, 15) is 9.59 Å². The summed E-state index contributed by atoms with van der Waals surface area (Å²) in [6, 6.07) is 11.4. The zero-order valence-corrected chi connectivity index (χ0v) is 15.9. The van der Waals surface area contributed by atoms with Crippen molar-refractivity contribution in [1.82, 2.24) is 4.90 Å². The molecule has 0 unspecified atom stereocenters. The monoisotopic (exact) mass is 392 g/mol. The van der Waals surface area contributed by atoms with Gasteiger partial charge in [-0.2, -0.15) is 0 Å². The van der Waals surface area contributed by atoms with E-state index in [1.54, 1.807) is 48.1 Å². The molecule has 2 aromatic rings. The fourth-order valence-electron chi connectivity index (χ4n) is 2.96. The van der Waals surface area contributed by atoms with Gasteiger partial charge in [-0.1, -0.05) is 23.2 Å². The van der Waals surface area contributed by atoms with E-state index in [1.165, 1.54) is 6.07 Å². The van der Waals surface area contributed by atoms with Gasteiger partial charge in [-0.3, -0.25) is 9.59 Å². The number of hydrogen-bond donors (Lipinski definition) is 0. The molecule has 136 valence electrons. The van der Waals surface area contributed by atoms with Crippen molar-refractivity contribution in [3.63, 3.8) is 0 Å². The largest absolute Gasteiger partial charge is 0.497 e. The van der Waals surface area contributed by atoms with Crippen LogP contribution >= 0.6 is 23.2 Å². The third-order valence-corrected chi connectivity index (χ3v) is 5.21. The minimum atomic E-state index is -0.576. The molecule has 1 fully saturated rings. The summed E-state index contributed by atoms with van der Waals surface area (Å²) in [5, 5.41) is 0.699. The molecule has 3 rings (SSSR count). The molecule has 1 heterocycles. The molecule has 5 nitrogen and oxygen atoms in total. The van der Waals surface area contributed by atoms with Crippen LogP contribution in [0.25, 0.3) is 0 Å². The minimum Gasteiger partial charge on any atom is -0.497 e. The van der Waals surface area contributed by atoms with Gasteiger partial charge in [0.05, 0.1) is 17.2 Å². The van der Waals surface area contributed by atoms with Crippen molar-refractivity contribution in [3.05, 3.63) is 58.1 Å². The van der Waals surface area contributed by atoms with Crippen LogP contribution in [0.3, 0.4) is 0 Å². The third-order valence-electron chi connectivity index (χ3n) is 4.47. The van der Waals surface area contributed by atoms with Gasteiger partial charge in [0.2, 0.25) is 5.91 Å². The minimum absolute atomic E-state index is 0.130. The van der Waals surface area contributed by atoms with Gasteiger partial charge in [0, 0.05) is 24.3 Å². The van der Waals surface area contributed by atoms with Crippen molar-refractivity contribution in [2.75, 3.05) is 25.1 Å². The van der Waals surface area contributed by atoms with Crippen LogP contribution in [0.4, 0.5) is 5.69 Å². The molecule has 2 amide bonds. The molecule has 0 aromatic heterocycles. The highest BCUT2D eigenvalue weighted by Crippen LogP contribution is 2.26. The van der Waals surface area contributed by atoms with E-state index >= 15 is 0 Å². The molecule has 0 spiro atoms. The lowest BCUT2D eigenvalue weighted by Gasteiger charge is -2.39. The predicted molar refractivity (Wildman–Crippen MR) is 102 cm³/mol. The Morgan fingerprint density at radius 2 is 1.77 bits per heavy atom. The second kappa shape index (κ2) is 7.56. The molecule has 1 saturated heterocycles. The van der Waals surface area contributed by atoms with Gasteiger partial charge >= 0.3 is 0 Å². The second-order valence-corrected chi connectivity index (χ2v) is 6.81. The van der Waals surface area contributed by atoms with Crippen molar-refractivity contribution < 1.29 is 14.3 Å². The van der Waals surface area contributed by atoms with Crippen LogP contribution < -0.4 is 9.64 Å². The SMILES string of the molecule is COc1ccc(N2CCN(C(=O)c3ccc(Cl)c(Cl)c3)[C@@H](C)C2=O)cc1. The van der Waals surface area contributed by atoms with Crippen LogP contribution in [0.15, 0.2) is 42.5 Å². The Labute approximate surface area is 162 Å². The van der Waals surface area contributed by atoms with Gasteiger partial charge in [0.25, 0.3) is 5.91 Å². The Kier molecular flexibility index (Phi) is 5.39. The van der Waals surface area contributed by atoms with E-state index in [2.05, 4.69) is 0 Å². The number of nitrogens with zero attached hydrogens (tertiary/aromatic N) is 2. The maximum atomic E-state index is 12.8. The molecule has 7 heteroatoms. The summed E-state index contributed by atoms with van der Waals surface area (Å²) in [6.45, 7) is 2.58. The molecular weight excluding hydrogens is 375 g/mol. The van der Waals surface area contributed by atoms with Gasteiger partial charge in [-0.15, -0.1) is 0 Å². The lowest BCUT2D eigenvalue weighted by atomic mass is 10.1. The van der Waals surface area contributed by atoms with Crippen molar-refractivity contribution in [3.8, 4) is 5.75 Å². The number of carbonyl (C=O) groups is 2. The van der Waals surface area contributed by atoms with Crippen LogP contribution in [0.5, 0.6) is 5.75 Å². The second-order valence-electron chi connectivity index (χ2n) is 5.99. The van der Waals surface area contributed by atoms with Crippen LogP contribution in [0.1, 0.15) is 17.3 Å². The summed E-state index contributed by atoms with van der Waals surface area (Å²) in [5.41, 5.74) is 1.20. The van der Waals surface area contributed by atoms with E-state index in [4.69, 9.17) is 27.9 Å². The number of methoxy groups -OCH3 is 1. The quantitative estimate of drug-likeness (QED) is 0.796. The van der Waals surface area contributed by atoms with E-state index in [0.717, 1.165) is 11.4 Å². The first kappa shape index (κ1) is 18.5. The van der Waals surface area contributed by atoms with Crippen molar-refractivity contribution in [1.29, 1.82) is 0 Å². The Morgan fingerprint density at radius 3 is 2.38 bits per heavy atom. The molecule has 1 aliphatic rings. The summed E-state index contributed by atoms with van der Waals surface area (Å²) in [7, 11) is 1.59. The summed E-state index contributed by atoms with van der Waals surface area (Å²) in [4.78, 5) is 28.8. The summed E-state index contributed by atoms with van der Waals surface area (Å²) in [5.74, 6) is 0.358. The molecule has 0 N–H and O–H groups in total. The number of rotatable bonds is 3. The lowest BCUT2D eigenvalue weighted by Crippen LogP contribution is -2.57. The first-order valence-corrected chi connectivity index (χ1v) is 8.89. The molecule has 26 heavy (non-hydrogen) atoms. The number of ether oxygens (including phenoxy) is 1. The number of hydrogen-bond acceptors (Lipinski definition) is 3. The number of benzene rings is 2. The molecule has 0 aliphatic carbocycles. The Hall–Kier alpha value is -2.24. The standard InChI is InChI=1S/C19H18Cl2N2O3/c1-12-18(24)23(14-4-6-15(26-2)7-5-14)10-9-22(12)19(25)13-3-8-16(20)17(21)11-13/h3-8,11-12H,9-10H2,1-2H3/t12-/m0/s1. The van der Waals surface area contributed by atoms with Crippen LogP contribution in [0.2, 0.25) is 10.0 Å². The Bertz CT molecular complexity index is 839. The third kappa shape index (κ3) is 3.50. The zero-order chi connectivity index (χ0) is 18.8. The molecule has 1 atom stereocenters. The lowest BCUT2D eigenvalue weighted by molar-refractivity contribution is -0.124. The summed E-state index contributed by atoms with van der Waals surface area (Å²) >= 11 is 11.9. The number of amides is 2. The molecule has 0 saturated carbocycles. The van der Waals surface area contributed by atoms with E-state index in [-0.39, 0.29) is 11.8 Å². The van der Waals surface area contributed by atoms with Crippen LogP contribution in [-0.2, 0) is 4.79 Å². The number of anilines is 1. The van der Waals surface area contributed by atoms with Crippen molar-refractivity contribution in [2.45, 2.75) is 13.0 Å². The maximum Gasteiger partial charge on any atom is 0.254 e. The highest BCUT2D eigenvalue weighted by Gasteiger charge is 2.35. The first-order valence-electron chi connectivity index (χ1n) is 8.14. The molecule has 0 bridgehead atoms. The summed E-state index contributed by atoms with van der Waals surface area (Å²) < 4.78 is 5.14. The van der Waals surface area contributed by atoms with Gasteiger partial charge in [0.15, 0.2) is 0 Å². The van der Waals surface area contributed by atoms with E-state index in [0.29, 0.717) is 28.7 Å². The van der Waals surface area contributed by atoms with Gasteiger partial charge in [-0.25, -0.2) is 0 Å². The molecule has 0 radical (unpaired) electrons.